The summed E-state index contributed by atoms with van der Waals surface area (Å²) in [5, 5.41) is 12.0. The monoisotopic (exact) mass is 502 g/mol. The van der Waals surface area contributed by atoms with E-state index in [-0.39, 0.29) is 34.9 Å². The number of carbonyl (C=O) groups excluding carboxylic acids is 1. The van der Waals surface area contributed by atoms with E-state index in [1.807, 2.05) is 5.01 Å². The molecule has 0 spiro atoms. The van der Waals surface area contributed by atoms with E-state index >= 15 is 0 Å². The van der Waals surface area contributed by atoms with Crippen molar-refractivity contribution in [3.8, 4) is 11.5 Å². The normalized spacial score (nSPS) is 15.8. The number of carbonyl (C=O) groups is 1. The molecule has 0 saturated carbocycles. The maximum atomic E-state index is 13.4. The predicted octanol–water partition coefficient (Wildman–Crippen LogP) is 4.61. The Kier molecular flexibility index (Phi) is 9.55. The molecule has 0 aromatic heterocycles. The Balaban J connectivity index is 1.29. The molecule has 3 rings (SSSR count). The highest BCUT2D eigenvalue weighted by molar-refractivity contribution is 6.31. The Hall–Kier alpha value is -2.13. The number of nitrogens with one attached hydrogen (secondary N) is 1. The first-order valence-electron chi connectivity index (χ1n) is 10.7. The van der Waals surface area contributed by atoms with Crippen LogP contribution in [-0.2, 0) is 4.79 Å². The first kappa shape index (κ1) is 25.5. The van der Waals surface area contributed by atoms with Crippen LogP contribution >= 0.6 is 23.2 Å². The molecule has 0 radical (unpaired) electrons. The zero-order valence-electron chi connectivity index (χ0n) is 17.9. The highest BCUT2D eigenvalue weighted by Crippen LogP contribution is 2.24. The molecule has 0 aliphatic carbocycles. The minimum absolute atomic E-state index is 0.00772. The minimum atomic E-state index is -0.656. The molecule has 2 aromatic carbocycles. The van der Waals surface area contributed by atoms with Crippen LogP contribution in [0, 0.1) is 17.6 Å². The summed E-state index contributed by atoms with van der Waals surface area (Å²) in [4.78, 5) is 12.1. The lowest BCUT2D eigenvalue weighted by Crippen LogP contribution is -2.48. The first-order valence-corrected chi connectivity index (χ1v) is 11.4. The van der Waals surface area contributed by atoms with E-state index in [2.05, 4.69) is 5.43 Å². The Morgan fingerprint density at radius 2 is 1.64 bits per heavy atom. The molecule has 1 fully saturated rings. The molecule has 1 aliphatic heterocycles. The lowest BCUT2D eigenvalue weighted by atomic mass is 9.92. The lowest BCUT2D eigenvalue weighted by Gasteiger charge is -2.32. The summed E-state index contributed by atoms with van der Waals surface area (Å²) in [5.41, 5.74) is 2.79. The van der Waals surface area contributed by atoms with Crippen LogP contribution in [0.4, 0.5) is 8.78 Å². The van der Waals surface area contributed by atoms with Crippen LogP contribution in [0.15, 0.2) is 36.4 Å². The Labute approximate surface area is 201 Å². The molecule has 1 saturated heterocycles. The van der Waals surface area contributed by atoms with Gasteiger partial charge in [0.1, 0.15) is 29.7 Å². The molecule has 1 heterocycles. The van der Waals surface area contributed by atoms with E-state index in [9.17, 15) is 18.7 Å². The van der Waals surface area contributed by atoms with Gasteiger partial charge in [-0.1, -0.05) is 23.2 Å². The number of aliphatic hydroxyl groups excluding tert-OH is 1. The standard InChI is InChI=1S/C23H26Cl2F2N2O4/c24-19-5-3-17(11-21(19)26)32-13-16(30)2-1-15-7-9-29(10-8-15)28-23(31)14-33-18-4-6-20(25)22(27)12-18/h3-6,11-12,15-16,30H,1-2,7-10,13-14H2,(H,28,31)/t16-/m1/s1. The van der Waals surface area contributed by atoms with Crippen LogP contribution in [-0.4, -0.2) is 48.4 Å². The molecule has 6 nitrogen and oxygen atoms in total. The third-order valence-corrected chi connectivity index (χ3v) is 6.01. The lowest BCUT2D eigenvalue weighted by molar-refractivity contribution is -0.128. The van der Waals surface area contributed by atoms with E-state index in [1.165, 1.54) is 24.3 Å². The topological polar surface area (TPSA) is 71.0 Å². The van der Waals surface area contributed by atoms with Gasteiger partial charge in [0.05, 0.1) is 16.1 Å². The van der Waals surface area contributed by atoms with Crippen molar-refractivity contribution in [3.05, 3.63) is 58.1 Å². The Morgan fingerprint density at radius 1 is 1.06 bits per heavy atom. The summed E-state index contributed by atoms with van der Waals surface area (Å²) < 4.78 is 37.6. The molecule has 2 aromatic rings. The van der Waals surface area contributed by atoms with Gasteiger partial charge in [-0.3, -0.25) is 10.2 Å². The number of rotatable bonds is 10. The average molecular weight is 503 g/mol. The highest BCUT2D eigenvalue weighted by atomic mass is 35.5. The maximum absolute atomic E-state index is 13.4. The van der Waals surface area contributed by atoms with Crippen molar-refractivity contribution < 1.29 is 28.2 Å². The van der Waals surface area contributed by atoms with Gasteiger partial charge in [-0.2, -0.15) is 0 Å². The third kappa shape index (κ3) is 8.30. The second kappa shape index (κ2) is 12.4. The van der Waals surface area contributed by atoms with Gasteiger partial charge in [-0.15, -0.1) is 0 Å². The van der Waals surface area contributed by atoms with Crippen LogP contribution in [0.1, 0.15) is 25.7 Å². The van der Waals surface area contributed by atoms with Crippen LogP contribution in [0.25, 0.3) is 0 Å². The van der Waals surface area contributed by atoms with Gasteiger partial charge in [0.15, 0.2) is 6.61 Å². The van der Waals surface area contributed by atoms with Gasteiger partial charge in [-0.05, 0) is 55.9 Å². The number of nitrogens with zero attached hydrogens (tertiary/aromatic N) is 1. The zero-order valence-corrected chi connectivity index (χ0v) is 19.4. The van der Waals surface area contributed by atoms with Crippen LogP contribution < -0.4 is 14.9 Å². The maximum Gasteiger partial charge on any atom is 0.272 e. The quantitative estimate of drug-likeness (QED) is 0.496. The van der Waals surface area contributed by atoms with Crippen molar-refractivity contribution in [2.45, 2.75) is 31.8 Å². The predicted molar refractivity (Wildman–Crippen MR) is 121 cm³/mol. The number of halogens is 4. The molecule has 2 N–H and O–H groups in total. The van der Waals surface area contributed by atoms with Crippen LogP contribution in [0.2, 0.25) is 10.0 Å². The van der Waals surface area contributed by atoms with Crippen molar-refractivity contribution >= 4 is 29.1 Å². The van der Waals surface area contributed by atoms with E-state index < -0.39 is 17.7 Å². The second-order valence-corrected chi connectivity index (χ2v) is 8.76. The number of piperidine rings is 1. The molecular weight excluding hydrogens is 477 g/mol. The molecule has 180 valence electrons. The van der Waals surface area contributed by atoms with Crippen molar-refractivity contribution in [3.63, 3.8) is 0 Å². The number of amides is 1. The Bertz CT molecular complexity index is 943. The summed E-state index contributed by atoms with van der Waals surface area (Å²) in [7, 11) is 0. The molecule has 1 aliphatic rings. The molecule has 0 unspecified atom stereocenters. The van der Waals surface area contributed by atoms with E-state index in [4.69, 9.17) is 32.7 Å². The number of hydrogen-bond donors (Lipinski definition) is 2. The van der Waals surface area contributed by atoms with Crippen molar-refractivity contribution in [2.75, 3.05) is 26.3 Å². The Morgan fingerprint density at radius 3 is 2.21 bits per heavy atom. The van der Waals surface area contributed by atoms with Crippen molar-refractivity contribution in [2.24, 2.45) is 5.92 Å². The number of hydrazine groups is 1. The van der Waals surface area contributed by atoms with E-state index in [0.717, 1.165) is 25.3 Å². The van der Waals surface area contributed by atoms with Gasteiger partial charge in [-0.25, -0.2) is 13.8 Å². The molecule has 1 amide bonds. The first-order chi connectivity index (χ1) is 15.8. The van der Waals surface area contributed by atoms with E-state index in [1.54, 1.807) is 6.07 Å². The number of ether oxygens (including phenoxy) is 2. The molecule has 10 heteroatoms. The summed E-state index contributed by atoms with van der Waals surface area (Å²) in [6.07, 6.45) is 2.49. The van der Waals surface area contributed by atoms with Crippen LogP contribution in [0.3, 0.4) is 0 Å². The largest absolute Gasteiger partial charge is 0.491 e. The summed E-state index contributed by atoms with van der Waals surface area (Å²) in [6, 6.07) is 8.16. The zero-order chi connectivity index (χ0) is 23.8. The second-order valence-electron chi connectivity index (χ2n) is 7.95. The SMILES string of the molecule is O=C(COc1ccc(Cl)c(F)c1)NN1CCC(CC[C@@H](O)COc2ccc(Cl)c(F)c2)CC1. The number of hydrogen-bond acceptors (Lipinski definition) is 5. The summed E-state index contributed by atoms with van der Waals surface area (Å²) in [5.74, 6) is -0.510. The molecule has 0 bridgehead atoms. The smallest absolute Gasteiger partial charge is 0.272 e. The van der Waals surface area contributed by atoms with Crippen molar-refractivity contribution in [1.29, 1.82) is 0 Å². The van der Waals surface area contributed by atoms with E-state index in [0.29, 0.717) is 31.2 Å². The number of benzene rings is 2. The fourth-order valence-electron chi connectivity index (χ4n) is 3.53. The fourth-order valence-corrected chi connectivity index (χ4v) is 3.76. The van der Waals surface area contributed by atoms with Gasteiger partial charge in [0, 0.05) is 25.2 Å². The highest BCUT2D eigenvalue weighted by Gasteiger charge is 2.21. The molecular formula is C23H26Cl2F2N2O4. The fraction of sp³-hybridized carbons (Fsp3) is 0.435. The van der Waals surface area contributed by atoms with Crippen LogP contribution in [0.5, 0.6) is 11.5 Å². The minimum Gasteiger partial charge on any atom is -0.491 e. The average Bonchev–Trinajstić information content (AvgIpc) is 2.80. The van der Waals surface area contributed by atoms with Crippen molar-refractivity contribution in [1.82, 2.24) is 10.4 Å². The van der Waals surface area contributed by atoms with Gasteiger partial charge in [0.2, 0.25) is 0 Å². The number of aliphatic hydroxyl groups is 1. The summed E-state index contributed by atoms with van der Waals surface area (Å²) in [6.45, 7) is 1.21. The molecule has 33 heavy (non-hydrogen) atoms. The third-order valence-electron chi connectivity index (χ3n) is 5.40. The summed E-state index contributed by atoms with van der Waals surface area (Å²) >= 11 is 11.3. The molecule has 1 atom stereocenters. The van der Waals surface area contributed by atoms with Gasteiger partial charge in [0.25, 0.3) is 5.91 Å². The van der Waals surface area contributed by atoms with Gasteiger partial charge >= 0.3 is 0 Å². The van der Waals surface area contributed by atoms with Gasteiger partial charge < -0.3 is 14.6 Å².